The predicted octanol–water partition coefficient (Wildman–Crippen LogP) is 3.67. The van der Waals surface area contributed by atoms with Gasteiger partial charge in [0.15, 0.2) is 11.6 Å². The van der Waals surface area contributed by atoms with Crippen molar-refractivity contribution in [2.75, 3.05) is 11.9 Å². The van der Waals surface area contributed by atoms with Crippen molar-refractivity contribution in [1.29, 1.82) is 0 Å². The van der Waals surface area contributed by atoms with Gasteiger partial charge in [-0.2, -0.15) is 0 Å². The first kappa shape index (κ1) is 19.2. The lowest BCUT2D eigenvalue weighted by molar-refractivity contribution is 0.107. The van der Waals surface area contributed by atoms with Gasteiger partial charge in [0.25, 0.3) is 5.56 Å². The molecular formula is C21H20F2N4O2. The summed E-state index contributed by atoms with van der Waals surface area (Å²) in [5.41, 5.74) is 2.35. The van der Waals surface area contributed by atoms with Crippen LogP contribution in [0.25, 0.3) is 11.4 Å². The van der Waals surface area contributed by atoms with Crippen LogP contribution in [0.15, 0.2) is 41.3 Å². The number of nitrogens with zero attached hydrogens (tertiary/aromatic N) is 2. The van der Waals surface area contributed by atoms with Gasteiger partial charge in [0.05, 0.1) is 6.04 Å². The molecule has 0 aliphatic carbocycles. The highest BCUT2D eigenvalue weighted by Gasteiger charge is 2.30. The molecule has 1 saturated heterocycles. The summed E-state index contributed by atoms with van der Waals surface area (Å²) in [6, 6.07) is 7.27. The standard InChI is InChI=1S/C21H20F2N4O2/c1-11-12(2)25-20(27-21(11)28)14-4-6-18(24-10-14)26-17-7-8-29-19(17)13-3-5-15(22)16(23)9-13/h3-6,9-10,17,19H,7-8H2,1-2H3,(H,24,26)(H,25,27,28). The number of pyridine rings is 1. The van der Waals surface area contributed by atoms with Crippen molar-refractivity contribution in [2.24, 2.45) is 0 Å². The van der Waals surface area contributed by atoms with Crippen LogP contribution in [0.4, 0.5) is 14.6 Å². The molecule has 3 heterocycles. The number of aromatic amines is 1. The molecule has 0 saturated carbocycles. The number of aromatic nitrogens is 3. The maximum absolute atomic E-state index is 13.6. The van der Waals surface area contributed by atoms with Crippen molar-refractivity contribution in [2.45, 2.75) is 32.4 Å². The van der Waals surface area contributed by atoms with Crippen LogP contribution in [-0.4, -0.2) is 27.6 Å². The smallest absolute Gasteiger partial charge is 0.254 e. The second-order valence-electron chi connectivity index (χ2n) is 7.06. The van der Waals surface area contributed by atoms with E-state index in [1.165, 1.54) is 6.07 Å². The van der Waals surface area contributed by atoms with Crippen molar-refractivity contribution in [1.82, 2.24) is 15.0 Å². The van der Waals surface area contributed by atoms with Crippen molar-refractivity contribution in [3.05, 3.63) is 75.3 Å². The summed E-state index contributed by atoms with van der Waals surface area (Å²) in [5.74, 6) is -0.704. The van der Waals surface area contributed by atoms with Crippen LogP contribution in [0.5, 0.6) is 0 Å². The first-order valence-corrected chi connectivity index (χ1v) is 9.29. The molecule has 1 aliphatic heterocycles. The molecule has 29 heavy (non-hydrogen) atoms. The molecule has 1 aliphatic rings. The molecule has 0 radical (unpaired) electrons. The van der Waals surface area contributed by atoms with Gasteiger partial charge in [-0.25, -0.2) is 18.7 Å². The number of nitrogens with one attached hydrogen (secondary N) is 2. The fourth-order valence-electron chi connectivity index (χ4n) is 3.35. The fourth-order valence-corrected chi connectivity index (χ4v) is 3.35. The second kappa shape index (κ2) is 7.71. The zero-order valence-corrected chi connectivity index (χ0v) is 16.0. The molecule has 1 aromatic carbocycles. The minimum absolute atomic E-state index is 0.127. The van der Waals surface area contributed by atoms with Crippen LogP contribution in [0.3, 0.4) is 0 Å². The monoisotopic (exact) mass is 398 g/mol. The van der Waals surface area contributed by atoms with Gasteiger partial charge >= 0.3 is 0 Å². The van der Waals surface area contributed by atoms with E-state index in [-0.39, 0.29) is 11.6 Å². The summed E-state index contributed by atoms with van der Waals surface area (Å²) in [5, 5.41) is 3.29. The molecule has 0 spiro atoms. The normalized spacial score (nSPS) is 18.8. The number of hydrogen-bond acceptors (Lipinski definition) is 5. The summed E-state index contributed by atoms with van der Waals surface area (Å²) in [4.78, 5) is 23.5. The fraction of sp³-hybridized carbons (Fsp3) is 0.286. The predicted molar refractivity (Wildman–Crippen MR) is 105 cm³/mol. The largest absolute Gasteiger partial charge is 0.371 e. The highest BCUT2D eigenvalue weighted by molar-refractivity contribution is 5.56. The third-order valence-corrected chi connectivity index (χ3v) is 5.13. The minimum Gasteiger partial charge on any atom is -0.371 e. The van der Waals surface area contributed by atoms with Gasteiger partial charge in [-0.3, -0.25) is 4.79 Å². The van der Waals surface area contributed by atoms with E-state index in [1.54, 1.807) is 26.1 Å². The molecule has 4 rings (SSSR count). The van der Waals surface area contributed by atoms with Crippen LogP contribution >= 0.6 is 0 Å². The average Bonchev–Trinajstić information content (AvgIpc) is 3.16. The molecule has 1 fully saturated rings. The Bertz CT molecular complexity index is 1100. The van der Waals surface area contributed by atoms with E-state index < -0.39 is 17.7 Å². The first-order chi connectivity index (χ1) is 13.9. The van der Waals surface area contributed by atoms with Gasteiger partial charge in [-0.15, -0.1) is 0 Å². The van der Waals surface area contributed by atoms with Crippen LogP contribution < -0.4 is 10.9 Å². The number of rotatable bonds is 4. The van der Waals surface area contributed by atoms with Crippen LogP contribution in [0, 0.1) is 25.5 Å². The lowest BCUT2D eigenvalue weighted by Gasteiger charge is -2.21. The highest BCUT2D eigenvalue weighted by atomic mass is 19.2. The Morgan fingerprint density at radius 3 is 2.69 bits per heavy atom. The Labute approximate surface area is 166 Å². The molecule has 2 aromatic heterocycles. The number of ether oxygens (including phenoxy) is 1. The Hall–Kier alpha value is -3.13. The van der Waals surface area contributed by atoms with Gasteiger partial charge < -0.3 is 15.0 Å². The molecule has 0 bridgehead atoms. The number of benzene rings is 1. The molecule has 6 nitrogen and oxygen atoms in total. The molecule has 2 N–H and O–H groups in total. The van der Waals surface area contributed by atoms with Gasteiger partial charge in [-0.1, -0.05) is 6.07 Å². The third kappa shape index (κ3) is 3.88. The highest BCUT2D eigenvalue weighted by Crippen LogP contribution is 2.32. The Morgan fingerprint density at radius 2 is 2.00 bits per heavy atom. The maximum atomic E-state index is 13.6. The third-order valence-electron chi connectivity index (χ3n) is 5.13. The second-order valence-corrected chi connectivity index (χ2v) is 7.06. The van der Waals surface area contributed by atoms with E-state index >= 15 is 0 Å². The van der Waals surface area contributed by atoms with E-state index in [4.69, 9.17) is 4.74 Å². The maximum Gasteiger partial charge on any atom is 0.254 e. The lowest BCUT2D eigenvalue weighted by atomic mass is 10.0. The lowest BCUT2D eigenvalue weighted by Crippen LogP contribution is -2.24. The zero-order chi connectivity index (χ0) is 20.5. The summed E-state index contributed by atoms with van der Waals surface area (Å²) in [6.07, 6.45) is 1.93. The van der Waals surface area contributed by atoms with E-state index in [1.807, 2.05) is 6.07 Å². The summed E-state index contributed by atoms with van der Waals surface area (Å²) >= 11 is 0. The van der Waals surface area contributed by atoms with Crippen molar-refractivity contribution in [3.63, 3.8) is 0 Å². The van der Waals surface area contributed by atoms with E-state index in [2.05, 4.69) is 20.3 Å². The minimum atomic E-state index is -0.894. The number of H-pyrrole nitrogens is 1. The first-order valence-electron chi connectivity index (χ1n) is 9.29. The van der Waals surface area contributed by atoms with Crippen molar-refractivity contribution < 1.29 is 13.5 Å². The molecule has 150 valence electrons. The summed E-state index contributed by atoms with van der Waals surface area (Å²) in [6.45, 7) is 4.02. The quantitative estimate of drug-likeness (QED) is 0.701. The Morgan fingerprint density at radius 1 is 1.17 bits per heavy atom. The Balaban J connectivity index is 1.52. The van der Waals surface area contributed by atoms with Crippen molar-refractivity contribution in [3.8, 4) is 11.4 Å². The van der Waals surface area contributed by atoms with E-state index in [9.17, 15) is 13.6 Å². The van der Waals surface area contributed by atoms with Crippen LogP contribution in [0.1, 0.15) is 29.3 Å². The number of aryl methyl sites for hydroxylation is 1. The van der Waals surface area contributed by atoms with Crippen LogP contribution in [0.2, 0.25) is 0 Å². The topological polar surface area (TPSA) is 79.9 Å². The Kier molecular flexibility index (Phi) is 5.10. The molecular weight excluding hydrogens is 378 g/mol. The molecule has 8 heteroatoms. The SMILES string of the molecule is Cc1nc(-c2ccc(NC3CCOC3c3ccc(F)c(F)c3)nc2)[nH]c(=O)c1C. The van der Waals surface area contributed by atoms with Crippen LogP contribution in [-0.2, 0) is 4.74 Å². The average molecular weight is 398 g/mol. The van der Waals surface area contributed by atoms with E-state index in [0.717, 1.165) is 12.1 Å². The molecule has 3 aromatic rings. The summed E-state index contributed by atoms with van der Waals surface area (Å²) in [7, 11) is 0. The van der Waals surface area contributed by atoms with E-state index in [0.29, 0.717) is 47.1 Å². The molecule has 2 atom stereocenters. The van der Waals surface area contributed by atoms with Gasteiger partial charge in [0.2, 0.25) is 0 Å². The van der Waals surface area contributed by atoms with Gasteiger partial charge in [0.1, 0.15) is 17.7 Å². The molecule has 2 unspecified atom stereocenters. The van der Waals surface area contributed by atoms with Gasteiger partial charge in [-0.05, 0) is 50.1 Å². The number of hydrogen-bond donors (Lipinski definition) is 2. The van der Waals surface area contributed by atoms with Crippen molar-refractivity contribution >= 4 is 5.82 Å². The number of anilines is 1. The molecule has 0 amide bonds. The zero-order valence-electron chi connectivity index (χ0n) is 16.0. The summed E-state index contributed by atoms with van der Waals surface area (Å²) < 4.78 is 32.5. The number of halogens is 2. The van der Waals surface area contributed by atoms with Gasteiger partial charge in [0, 0.05) is 29.6 Å².